The van der Waals surface area contributed by atoms with Gasteiger partial charge in [0.25, 0.3) is 0 Å². The van der Waals surface area contributed by atoms with E-state index in [1.165, 1.54) is 0 Å². The number of rotatable bonds is 6. The number of carboxylic acids is 1. The summed E-state index contributed by atoms with van der Waals surface area (Å²) in [5, 5.41) is 13.9. The minimum absolute atomic E-state index is 0.306. The third-order valence-electron chi connectivity index (χ3n) is 4.24. The summed E-state index contributed by atoms with van der Waals surface area (Å²) in [7, 11) is 1.93. The molecule has 0 radical (unpaired) electrons. The summed E-state index contributed by atoms with van der Waals surface area (Å²) in [4.78, 5) is 13.5. The van der Waals surface area contributed by atoms with Gasteiger partial charge in [0.1, 0.15) is 6.04 Å². The lowest BCUT2D eigenvalue weighted by atomic mass is 9.92. The number of carboxylic acid groups (broad SMARTS) is 1. The molecule has 0 bridgehead atoms. The molecular weight excluding hydrogens is 254 g/mol. The van der Waals surface area contributed by atoms with Crippen LogP contribution in [-0.2, 0) is 11.8 Å². The molecule has 0 amide bonds. The Balaban J connectivity index is 1.90. The maximum Gasteiger partial charge on any atom is 0.320 e. The molecule has 1 saturated heterocycles. The Morgan fingerprint density at radius 2 is 2.20 bits per heavy atom. The number of unbranched alkanes of at least 4 members (excludes halogenated alkanes) is 1. The largest absolute Gasteiger partial charge is 0.480 e. The van der Waals surface area contributed by atoms with Gasteiger partial charge in [0, 0.05) is 19.2 Å². The molecule has 5 nitrogen and oxygen atoms in total. The fourth-order valence-corrected chi connectivity index (χ4v) is 3.02. The molecule has 1 unspecified atom stereocenters. The highest BCUT2D eigenvalue weighted by Crippen LogP contribution is 2.28. The van der Waals surface area contributed by atoms with Crippen molar-refractivity contribution in [2.45, 2.75) is 51.0 Å². The van der Waals surface area contributed by atoms with Gasteiger partial charge >= 0.3 is 5.97 Å². The Morgan fingerprint density at radius 1 is 1.50 bits per heavy atom. The lowest BCUT2D eigenvalue weighted by Crippen LogP contribution is -2.45. The van der Waals surface area contributed by atoms with E-state index >= 15 is 0 Å². The maximum absolute atomic E-state index is 11.4. The number of hydrogen-bond acceptors (Lipinski definition) is 3. The average Bonchev–Trinajstić information content (AvgIpc) is 2.86. The van der Waals surface area contributed by atoms with Crippen molar-refractivity contribution in [3.8, 4) is 0 Å². The van der Waals surface area contributed by atoms with Gasteiger partial charge in [-0.1, -0.05) is 19.8 Å². The third-order valence-corrected chi connectivity index (χ3v) is 4.24. The molecule has 0 aromatic carbocycles. The number of nitrogens with zero attached hydrogens (tertiary/aromatic N) is 3. The van der Waals surface area contributed by atoms with Crippen LogP contribution < -0.4 is 0 Å². The van der Waals surface area contributed by atoms with Gasteiger partial charge in [-0.15, -0.1) is 0 Å². The molecule has 1 fully saturated rings. The van der Waals surface area contributed by atoms with Gasteiger partial charge in [0.2, 0.25) is 0 Å². The molecule has 20 heavy (non-hydrogen) atoms. The van der Waals surface area contributed by atoms with Crippen molar-refractivity contribution < 1.29 is 9.90 Å². The summed E-state index contributed by atoms with van der Waals surface area (Å²) in [6.45, 7) is 3.83. The summed E-state index contributed by atoms with van der Waals surface area (Å²) in [6.07, 6.45) is 6.79. The second-order valence-electron chi connectivity index (χ2n) is 5.72. The van der Waals surface area contributed by atoms with Crippen LogP contribution in [0.3, 0.4) is 0 Å². The Kier molecular flexibility index (Phi) is 5.17. The molecule has 1 aromatic heterocycles. The highest BCUT2D eigenvalue weighted by molar-refractivity contribution is 5.73. The second-order valence-corrected chi connectivity index (χ2v) is 5.72. The molecular formula is C15H25N3O2. The van der Waals surface area contributed by atoms with Gasteiger partial charge in [0.15, 0.2) is 0 Å². The van der Waals surface area contributed by atoms with Crippen LogP contribution in [0.4, 0.5) is 0 Å². The lowest BCUT2D eigenvalue weighted by Gasteiger charge is -2.35. The predicted octanol–water partition coefficient (Wildman–Crippen LogP) is 2.24. The number of aromatic nitrogens is 2. The molecule has 5 heteroatoms. The fourth-order valence-electron chi connectivity index (χ4n) is 3.02. The molecule has 1 aromatic rings. The van der Waals surface area contributed by atoms with E-state index < -0.39 is 5.97 Å². The van der Waals surface area contributed by atoms with E-state index in [1.807, 2.05) is 17.9 Å². The van der Waals surface area contributed by atoms with Gasteiger partial charge in [-0.05, 0) is 38.4 Å². The summed E-state index contributed by atoms with van der Waals surface area (Å²) in [5.74, 6) is -0.192. The predicted molar refractivity (Wildman–Crippen MR) is 77.7 cm³/mol. The normalized spacial score (nSPS) is 19.1. The van der Waals surface area contributed by atoms with Crippen LogP contribution in [0.1, 0.15) is 50.6 Å². The summed E-state index contributed by atoms with van der Waals surface area (Å²) < 4.78 is 1.84. The first-order valence-electron chi connectivity index (χ1n) is 7.58. The molecule has 0 spiro atoms. The first-order valence-corrected chi connectivity index (χ1v) is 7.58. The third kappa shape index (κ3) is 3.60. The van der Waals surface area contributed by atoms with Crippen LogP contribution in [0.2, 0.25) is 0 Å². The van der Waals surface area contributed by atoms with E-state index in [-0.39, 0.29) is 6.04 Å². The number of aryl methyl sites for hydroxylation is 1. The molecule has 0 saturated carbocycles. The maximum atomic E-state index is 11.4. The molecule has 2 heterocycles. The minimum atomic E-state index is -0.672. The molecule has 1 atom stereocenters. The zero-order valence-electron chi connectivity index (χ0n) is 12.5. The summed E-state index contributed by atoms with van der Waals surface area (Å²) in [5.41, 5.74) is 1.15. The zero-order valence-corrected chi connectivity index (χ0v) is 12.5. The van der Waals surface area contributed by atoms with E-state index in [4.69, 9.17) is 0 Å². The number of aliphatic carboxylic acids is 1. The Labute approximate surface area is 120 Å². The standard InChI is InChI=1S/C15H25N3O2/c1-3-4-5-14(15(19)20)18-10-6-12(7-11-18)13-8-9-17(2)16-13/h8-9,12,14H,3-7,10-11H2,1-2H3,(H,19,20). The molecule has 1 N–H and O–H groups in total. The summed E-state index contributed by atoms with van der Waals surface area (Å²) >= 11 is 0. The number of carbonyl (C=O) groups is 1. The fraction of sp³-hybridized carbons (Fsp3) is 0.733. The van der Waals surface area contributed by atoms with Gasteiger partial charge < -0.3 is 5.11 Å². The van der Waals surface area contributed by atoms with Gasteiger partial charge in [-0.25, -0.2) is 0 Å². The van der Waals surface area contributed by atoms with Crippen LogP contribution in [0.15, 0.2) is 12.3 Å². The Hall–Kier alpha value is -1.36. The average molecular weight is 279 g/mol. The van der Waals surface area contributed by atoms with Crippen molar-refractivity contribution in [1.82, 2.24) is 14.7 Å². The van der Waals surface area contributed by atoms with E-state index in [0.29, 0.717) is 5.92 Å². The zero-order chi connectivity index (χ0) is 14.5. The molecule has 112 valence electrons. The molecule has 0 aliphatic carbocycles. The summed E-state index contributed by atoms with van der Waals surface area (Å²) in [6, 6.07) is 1.77. The van der Waals surface area contributed by atoms with E-state index in [0.717, 1.165) is 50.9 Å². The van der Waals surface area contributed by atoms with Gasteiger partial charge in [-0.3, -0.25) is 14.4 Å². The van der Waals surface area contributed by atoms with Crippen LogP contribution >= 0.6 is 0 Å². The van der Waals surface area contributed by atoms with E-state index in [9.17, 15) is 9.90 Å². The van der Waals surface area contributed by atoms with Crippen LogP contribution in [0.25, 0.3) is 0 Å². The number of likely N-dealkylation sites (tertiary alicyclic amines) is 1. The number of hydrogen-bond donors (Lipinski definition) is 1. The minimum Gasteiger partial charge on any atom is -0.480 e. The topological polar surface area (TPSA) is 58.4 Å². The Bertz CT molecular complexity index is 436. The van der Waals surface area contributed by atoms with Crippen molar-refractivity contribution in [3.05, 3.63) is 18.0 Å². The van der Waals surface area contributed by atoms with E-state index in [1.54, 1.807) is 0 Å². The van der Waals surface area contributed by atoms with Gasteiger partial charge in [0.05, 0.1) is 5.69 Å². The lowest BCUT2D eigenvalue weighted by molar-refractivity contribution is -0.144. The number of piperidine rings is 1. The smallest absolute Gasteiger partial charge is 0.320 e. The SMILES string of the molecule is CCCCC(C(=O)O)N1CCC(c2ccn(C)n2)CC1. The van der Waals surface area contributed by atoms with Crippen LogP contribution in [-0.4, -0.2) is 44.9 Å². The second kappa shape index (κ2) is 6.88. The Morgan fingerprint density at radius 3 is 2.70 bits per heavy atom. The van der Waals surface area contributed by atoms with Crippen molar-refractivity contribution in [1.29, 1.82) is 0 Å². The highest BCUT2D eigenvalue weighted by atomic mass is 16.4. The van der Waals surface area contributed by atoms with Crippen molar-refractivity contribution in [2.75, 3.05) is 13.1 Å². The van der Waals surface area contributed by atoms with Crippen molar-refractivity contribution in [2.24, 2.45) is 7.05 Å². The van der Waals surface area contributed by atoms with E-state index in [2.05, 4.69) is 23.0 Å². The molecule has 2 rings (SSSR count). The van der Waals surface area contributed by atoms with Gasteiger partial charge in [-0.2, -0.15) is 5.10 Å². The monoisotopic (exact) mass is 279 g/mol. The van der Waals surface area contributed by atoms with Crippen LogP contribution in [0.5, 0.6) is 0 Å². The quantitative estimate of drug-likeness (QED) is 0.867. The first-order chi connectivity index (χ1) is 9.61. The van der Waals surface area contributed by atoms with Crippen molar-refractivity contribution in [3.63, 3.8) is 0 Å². The molecule has 1 aliphatic rings. The first kappa shape index (κ1) is 15.0. The highest BCUT2D eigenvalue weighted by Gasteiger charge is 2.30. The van der Waals surface area contributed by atoms with Crippen molar-refractivity contribution >= 4 is 5.97 Å². The van der Waals surface area contributed by atoms with Crippen LogP contribution in [0, 0.1) is 0 Å². The molecule has 1 aliphatic heterocycles.